The summed E-state index contributed by atoms with van der Waals surface area (Å²) in [7, 11) is 0. The lowest BCUT2D eigenvalue weighted by Crippen LogP contribution is -2.55. The Labute approximate surface area is 324 Å². The molecule has 2 aliphatic carbocycles. The third kappa shape index (κ3) is 12.2. The van der Waals surface area contributed by atoms with Gasteiger partial charge in [-0.25, -0.2) is 0 Å². The predicted octanol–water partition coefficient (Wildman–Crippen LogP) is 17.6. The molecule has 1 fully saturated rings. The number of hydrogen-bond acceptors (Lipinski definition) is 0. The second-order valence-corrected chi connectivity index (χ2v) is 21.4. The molecule has 300 valence electrons. The minimum absolute atomic E-state index is 0.207. The van der Waals surface area contributed by atoms with Crippen molar-refractivity contribution in [3.05, 3.63) is 23.8 Å². The highest BCUT2D eigenvalue weighted by molar-refractivity contribution is 5.13. The van der Waals surface area contributed by atoms with Crippen molar-refractivity contribution in [3.63, 3.8) is 0 Å². The standard InChI is InChI=1S/C51H96/c1-16-20-22-25-33-47(10,11)51(15,37-32-40(5)6)46(45-31-29-43(19-4)28-30-44(45)41(7)8)48(12,34-21-17-2)39-50(14,38-42(9)18-3)49(13)35-26-23-24-27-36-49/h28,30,32,41-46H,16-27,29,31,33-39H2,1-15H3. The summed E-state index contributed by atoms with van der Waals surface area (Å²) in [6.07, 6.45) is 37.1. The number of unbranched alkanes of at least 4 members (excludes halogenated alkanes) is 4. The molecule has 0 aromatic heterocycles. The molecule has 8 atom stereocenters. The van der Waals surface area contributed by atoms with Crippen molar-refractivity contribution >= 4 is 0 Å². The zero-order valence-electron chi connectivity index (χ0n) is 38.0. The van der Waals surface area contributed by atoms with Crippen molar-refractivity contribution in [2.75, 3.05) is 0 Å². The van der Waals surface area contributed by atoms with Gasteiger partial charge in [-0.3, -0.25) is 0 Å². The first-order valence-electron chi connectivity index (χ1n) is 23.2. The van der Waals surface area contributed by atoms with E-state index in [1.165, 1.54) is 140 Å². The van der Waals surface area contributed by atoms with Crippen molar-refractivity contribution in [1.29, 1.82) is 0 Å². The van der Waals surface area contributed by atoms with Crippen LogP contribution in [0.5, 0.6) is 0 Å². The highest BCUT2D eigenvalue weighted by Gasteiger charge is 2.59. The molecule has 51 heavy (non-hydrogen) atoms. The summed E-state index contributed by atoms with van der Waals surface area (Å²) in [6.45, 7) is 39.1. The van der Waals surface area contributed by atoms with Crippen LogP contribution in [0, 0.1) is 62.6 Å². The summed E-state index contributed by atoms with van der Waals surface area (Å²) in [5.41, 5.74) is 3.01. The second kappa shape index (κ2) is 21.0. The molecule has 0 amide bonds. The highest BCUT2D eigenvalue weighted by Crippen LogP contribution is 2.67. The van der Waals surface area contributed by atoms with Gasteiger partial charge in [0.2, 0.25) is 0 Å². The molecule has 0 heterocycles. The maximum Gasteiger partial charge on any atom is -0.0179 e. The molecule has 1 saturated carbocycles. The maximum absolute atomic E-state index is 2.90. The van der Waals surface area contributed by atoms with Crippen molar-refractivity contribution in [2.45, 2.75) is 239 Å². The Morgan fingerprint density at radius 3 is 1.94 bits per heavy atom. The van der Waals surface area contributed by atoms with Crippen LogP contribution in [0.25, 0.3) is 0 Å². The van der Waals surface area contributed by atoms with Gasteiger partial charge in [0.1, 0.15) is 0 Å². The van der Waals surface area contributed by atoms with Gasteiger partial charge in [0, 0.05) is 0 Å². The largest absolute Gasteiger partial charge is 0.0853 e. The lowest BCUT2D eigenvalue weighted by molar-refractivity contribution is -0.130. The van der Waals surface area contributed by atoms with Crippen LogP contribution >= 0.6 is 0 Å². The Morgan fingerprint density at radius 1 is 0.784 bits per heavy atom. The lowest BCUT2D eigenvalue weighted by Gasteiger charge is -2.62. The van der Waals surface area contributed by atoms with Crippen LogP contribution < -0.4 is 0 Å². The first kappa shape index (κ1) is 46.6. The fraction of sp³-hybridized carbons (Fsp3) is 0.922. The normalized spacial score (nSPS) is 26.3. The first-order valence-corrected chi connectivity index (χ1v) is 23.2. The van der Waals surface area contributed by atoms with E-state index in [0.717, 1.165) is 17.8 Å². The van der Waals surface area contributed by atoms with Gasteiger partial charge in [-0.15, -0.1) is 0 Å². The molecule has 0 aromatic rings. The molecular formula is C51H96. The Kier molecular flexibility index (Phi) is 19.2. The Hall–Kier alpha value is -0.520. The van der Waals surface area contributed by atoms with Crippen LogP contribution in [-0.2, 0) is 0 Å². The molecule has 0 radical (unpaired) electrons. The van der Waals surface area contributed by atoms with E-state index in [4.69, 9.17) is 0 Å². The van der Waals surface area contributed by atoms with Gasteiger partial charge in [-0.1, -0.05) is 184 Å². The minimum Gasteiger partial charge on any atom is -0.0853 e. The molecule has 0 heteroatoms. The van der Waals surface area contributed by atoms with E-state index in [1.807, 2.05) is 0 Å². The zero-order chi connectivity index (χ0) is 38.5. The number of rotatable bonds is 22. The molecule has 2 aliphatic rings. The van der Waals surface area contributed by atoms with Gasteiger partial charge in [-0.2, -0.15) is 0 Å². The number of allylic oxidation sites excluding steroid dienone is 4. The highest BCUT2D eigenvalue weighted by atomic mass is 14.6. The Bertz CT molecular complexity index is 1010. The topological polar surface area (TPSA) is 0 Å². The van der Waals surface area contributed by atoms with Crippen LogP contribution in [-0.4, -0.2) is 0 Å². The fourth-order valence-electron chi connectivity index (χ4n) is 12.2. The van der Waals surface area contributed by atoms with E-state index >= 15 is 0 Å². The zero-order valence-corrected chi connectivity index (χ0v) is 38.0. The quantitative estimate of drug-likeness (QED) is 0.0597. The van der Waals surface area contributed by atoms with E-state index in [9.17, 15) is 0 Å². The molecule has 0 N–H and O–H groups in total. The van der Waals surface area contributed by atoms with Crippen LogP contribution in [0.3, 0.4) is 0 Å². The third-order valence-electron chi connectivity index (χ3n) is 16.3. The van der Waals surface area contributed by atoms with Crippen LogP contribution in [0.2, 0.25) is 0 Å². The van der Waals surface area contributed by atoms with Crippen molar-refractivity contribution in [2.24, 2.45) is 62.6 Å². The smallest absolute Gasteiger partial charge is 0.0179 e. The van der Waals surface area contributed by atoms with Gasteiger partial charge in [-0.05, 0) is 141 Å². The van der Waals surface area contributed by atoms with Gasteiger partial charge >= 0.3 is 0 Å². The summed E-state index contributed by atoms with van der Waals surface area (Å²) < 4.78 is 0. The molecule has 8 unspecified atom stereocenters. The summed E-state index contributed by atoms with van der Waals surface area (Å²) in [5, 5.41) is 0. The summed E-state index contributed by atoms with van der Waals surface area (Å²) >= 11 is 0. The molecule has 0 spiro atoms. The van der Waals surface area contributed by atoms with E-state index < -0.39 is 0 Å². The van der Waals surface area contributed by atoms with Gasteiger partial charge in [0.05, 0.1) is 0 Å². The average Bonchev–Trinajstić information content (AvgIpc) is 3.43. The van der Waals surface area contributed by atoms with Crippen LogP contribution in [0.1, 0.15) is 239 Å². The van der Waals surface area contributed by atoms with Crippen molar-refractivity contribution in [1.82, 2.24) is 0 Å². The van der Waals surface area contributed by atoms with Gasteiger partial charge in [0.25, 0.3) is 0 Å². The van der Waals surface area contributed by atoms with E-state index in [0.29, 0.717) is 28.6 Å². The summed E-state index contributed by atoms with van der Waals surface area (Å²) in [6, 6.07) is 0. The number of hydrogen-bond donors (Lipinski definition) is 0. The average molecular weight is 709 g/mol. The van der Waals surface area contributed by atoms with Crippen LogP contribution in [0.15, 0.2) is 23.8 Å². The molecule has 0 aromatic carbocycles. The molecular weight excluding hydrogens is 613 g/mol. The molecule has 0 nitrogen and oxygen atoms in total. The molecule has 0 bridgehead atoms. The van der Waals surface area contributed by atoms with Crippen LogP contribution in [0.4, 0.5) is 0 Å². The molecule has 0 saturated heterocycles. The molecule has 0 aliphatic heterocycles. The summed E-state index contributed by atoms with van der Waals surface area (Å²) in [4.78, 5) is 0. The second-order valence-electron chi connectivity index (χ2n) is 21.4. The SMILES string of the molecule is CCCCCCC(C)(C)C(C)(CC=C(C)C)C(C1CCC(CC)C=CC1C(C)C)C(C)(CCCC)CC(C)(CC(C)CC)C1(C)CCCCCC1. The van der Waals surface area contributed by atoms with Gasteiger partial charge < -0.3 is 0 Å². The fourth-order valence-corrected chi connectivity index (χ4v) is 12.2. The Balaban J connectivity index is 3.03. The maximum atomic E-state index is 2.90. The summed E-state index contributed by atoms with van der Waals surface area (Å²) in [5.74, 6) is 4.25. The minimum atomic E-state index is 0.207. The van der Waals surface area contributed by atoms with E-state index in [-0.39, 0.29) is 16.2 Å². The van der Waals surface area contributed by atoms with E-state index in [1.54, 1.807) is 0 Å². The molecule has 2 rings (SSSR count). The lowest BCUT2D eigenvalue weighted by atomic mass is 9.42. The Morgan fingerprint density at radius 2 is 1.41 bits per heavy atom. The van der Waals surface area contributed by atoms with E-state index in [2.05, 4.69) is 122 Å². The first-order chi connectivity index (χ1) is 23.9. The monoisotopic (exact) mass is 709 g/mol. The van der Waals surface area contributed by atoms with Crippen molar-refractivity contribution in [3.8, 4) is 0 Å². The van der Waals surface area contributed by atoms with Gasteiger partial charge in [0.15, 0.2) is 0 Å². The predicted molar refractivity (Wildman–Crippen MR) is 232 cm³/mol. The third-order valence-corrected chi connectivity index (χ3v) is 16.3. The van der Waals surface area contributed by atoms with Crippen molar-refractivity contribution < 1.29 is 0 Å².